The lowest BCUT2D eigenvalue weighted by molar-refractivity contribution is 0.0679. The zero-order valence-corrected chi connectivity index (χ0v) is 7.32. The maximum atomic E-state index is 7.85. The second kappa shape index (κ2) is 3.62. The van der Waals surface area contributed by atoms with E-state index in [9.17, 15) is 0 Å². The third-order valence-corrected chi connectivity index (χ3v) is 2.12. The Morgan fingerprint density at radius 2 is 2.15 bits per heavy atom. The molecule has 70 valence electrons. The van der Waals surface area contributed by atoms with Gasteiger partial charge in [0.25, 0.3) is 0 Å². The van der Waals surface area contributed by atoms with Crippen molar-refractivity contribution in [1.29, 1.82) is 5.41 Å². The second-order valence-electron chi connectivity index (χ2n) is 2.96. The van der Waals surface area contributed by atoms with Crippen molar-refractivity contribution >= 4 is 5.84 Å². The van der Waals surface area contributed by atoms with Crippen molar-refractivity contribution in [1.82, 2.24) is 4.90 Å². The molecule has 1 aromatic heterocycles. The molecule has 0 aliphatic carbocycles. The van der Waals surface area contributed by atoms with Crippen molar-refractivity contribution in [2.75, 3.05) is 26.3 Å². The number of amidine groups is 1. The van der Waals surface area contributed by atoms with Gasteiger partial charge in [0.05, 0.1) is 25.0 Å². The van der Waals surface area contributed by atoms with E-state index in [1.807, 2.05) is 4.90 Å². The van der Waals surface area contributed by atoms with E-state index in [1.54, 1.807) is 18.6 Å². The molecule has 4 nitrogen and oxygen atoms in total. The van der Waals surface area contributed by atoms with Crippen LogP contribution in [0.25, 0.3) is 0 Å². The van der Waals surface area contributed by atoms with Gasteiger partial charge in [-0.1, -0.05) is 0 Å². The van der Waals surface area contributed by atoms with Gasteiger partial charge < -0.3 is 14.1 Å². The standard InChI is InChI=1S/C9H12N2O2/c10-9(8-1-4-13-7-8)11-2-5-12-6-3-11/h1,4,7,10H,2-3,5-6H2. The first kappa shape index (κ1) is 8.31. The topological polar surface area (TPSA) is 49.5 Å². The van der Waals surface area contributed by atoms with E-state index in [-0.39, 0.29) is 0 Å². The summed E-state index contributed by atoms with van der Waals surface area (Å²) in [5.41, 5.74) is 0.835. The highest BCUT2D eigenvalue weighted by Gasteiger charge is 2.15. The maximum absolute atomic E-state index is 7.85. The molecule has 0 atom stereocenters. The molecule has 2 heterocycles. The molecule has 0 saturated carbocycles. The fourth-order valence-corrected chi connectivity index (χ4v) is 1.37. The van der Waals surface area contributed by atoms with Crippen molar-refractivity contribution in [3.05, 3.63) is 24.2 Å². The zero-order chi connectivity index (χ0) is 9.10. The minimum Gasteiger partial charge on any atom is -0.472 e. The molecule has 2 rings (SSSR count). The highest BCUT2D eigenvalue weighted by Crippen LogP contribution is 2.07. The summed E-state index contributed by atoms with van der Waals surface area (Å²) in [4.78, 5) is 1.99. The van der Waals surface area contributed by atoms with Crippen LogP contribution >= 0.6 is 0 Å². The highest BCUT2D eigenvalue weighted by atomic mass is 16.5. The van der Waals surface area contributed by atoms with Crippen molar-refractivity contribution in [2.45, 2.75) is 0 Å². The van der Waals surface area contributed by atoms with Gasteiger partial charge in [0.15, 0.2) is 0 Å². The summed E-state index contributed by atoms with van der Waals surface area (Å²) >= 11 is 0. The molecule has 13 heavy (non-hydrogen) atoms. The molecule has 1 N–H and O–H groups in total. The summed E-state index contributed by atoms with van der Waals surface area (Å²) in [6, 6.07) is 1.80. The molecule has 0 radical (unpaired) electrons. The van der Waals surface area contributed by atoms with Crippen LogP contribution in [0, 0.1) is 5.41 Å². The lowest BCUT2D eigenvalue weighted by Crippen LogP contribution is -2.40. The Labute approximate surface area is 76.6 Å². The van der Waals surface area contributed by atoms with E-state index in [4.69, 9.17) is 14.6 Å². The van der Waals surface area contributed by atoms with Crippen molar-refractivity contribution in [3.63, 3.8) is 0 Å². The minimum absolute atomic E-state index is 0.525. The average molecular weight is 180 g/mol. The van der Waals surface area contributed by atoms with Crippen molar-refractivity contribution in [2.24, 2.45) is 0 Å². The number of furan rings is 1. The van der Waals surface area contributed by atoms with Crippen LogP contribution in [-0.4, -0.2) is 37.0 Å². The average Bonchev–Trinajstić information content (AvgIpc) is 2.71. The fourth-order valence-electron chi connectivity index (χ4n) is 1.37. The number of hydrogen-bond donors (Lipinski definition) is 1. The number of nitrogens with zero attached hydrogens (tertiary/aromatic N) is 1. The van der Waals surface area contributed by atoms with Gasteiger partial charge in [0, 0.05) is 13.1 Å². The quantitative estimate of drug-likeness (QED) is 0.516. The fraction of sp³-hybridized carbons (Fsp3) is 0.444. The Morgan fingerprint density at radius 3 is 2.77 bits per heavy atom. The van der Waals surface area contributed by atoms with E-state index in [1.165, 1.54) is 0 Å². The Hall–Kier alpha value is -1.29. The zero-order valence-electron chi connectivity index (χ0n) is 7.32. The molecule has 1 fully saturated rings. The predicted molar refractivity (Wildman–Crippen MR) is 47.9 cm³/mol. The number of hydrogen-bond acceptors (Lipinski definition) is 3. The molecule has 0 unspecified atom stereocenters. The van der Waals surface area contributed by atoms with Crippen LogP contribution in [0.4, 0.5) is 0 Å². The summed E-state index contributed by atoms with van der Waals surface area (Å²) in [5, 5.41) is 7.85. The summed E-state index contributed by atoms with van der Waals surface area (Å²) in [6.45, 7) is 3.01. The third kappa shape index (κ3) is 1.72. The molecule has 0 bridgehead atoms. The Kier molecular flexibility index (Phi) is 2.31. The minimum atomic E-state index is 0.525. The first-order chi connectivity index (χ1) is 6.38. The summed E-state index contributed by atoms with van der Waals surface area (Å²) in [5.74, 6) is 0.525. The molecule has 1 aromatic rings. The van der Waals surface area contributed by atoms with Crippen LogP contribution < -0.4 is 0 Å². The van der Waals surface area contributed by atoms with Gasteiger partial charge in [-0.3, -0.25) is 5.41 Å². The normalized spacial score (nSPS) is 17.4. The van der Waals surface area contributed by atoms with Gasteiger partial charge in [0.1, 0.15) is 12.1 Å². The molecule has 0 amide bonds. The Morgan fingerprint density at radius 1 is 1.38 bits per heavy atom. The molecule has 0 aromatic carbocycles. The molecule has 0 spiro atoms. The lowest BCUT2D eigenvalue weighted by atomic mass is 10.2. The van der Waals surface area contributed by atoms with Crippen LogP contribution in [0.2, 0.25) is 0 Å². The molecular formula is C9H12N2O2. The van der Waals surface area contributed by atoms with E-state index in [2.05, 4.69) is 0 Å². The van der Waals surface area contributed by atoms with Crippen molar-refractivity contribution in [3.8, 4) is 0 Å². The van der Waals surface area contributed by atoms with Gasteiger partial charge in [-0.2, -0.15) is 0 Å². The largest absolute Gasteiger partial charge is 0.472 e. The monoisotopic (exact) mass is 180 g/mol. The molecule has 1 aliphatic rings. The summed E-state index contributed by atoms with van der Waals surface area (Å²) in [7, 11) is 0. The van der Waals surface area contributed by atoms with Gasteiger partial charge in [-0.05, 0) is 6.07 Å². The van der Waals surface area contributed by atoms with Gasteiger partial charge in [-0.25, -0.2) is 0 Å². The molecular weight excluding hydrogens is 168 g/mol. The van der Waals surface area contributed by atoms with Crippen molar-refractivity contribution < 1.29 is 9.15 Å². The molecule has 1 aliphatic heterocycles. The highest BCUT2D eigenvalue weighted by molar-refractivity contribution is 5.96. The van der Waals surface area contributed by atoms with E-state index >= 15 is 0 Å². The van der Waals surface area contributed by atoms with E-state index in [0.717, 1.165) is 18.7 Å². The van der Waals surface area contributed by atoms with Crippen LogP contribution in [0.1, 0.15) is 5.56 Å². The molecule has 4 heteroatoms. The predicted octanol–water partition coefficient (Wildman–Crippen LogP) is 0.937. The SMILES string of the molecule is N=C(c1ccoc1)N1CCOCC1. The Balaban J connectivity index is 2.04. The van der Waals surface area contributed by atoms with Crippen LogP contribution in [0.3, 0.4) is 0 Å². The van der Waals surface area contributed by atoms with Gasteiger partial charge >= 0.3 is 0 Å². The van der Waals surface area contributed by atoms with E-state index < -0.39 is 0 Å². The first-order valence-corrected chi connectivity index (χ1v) is 4.32. The van der Waals surface area contributed by atoms with Crippen LogP contribution in [-0.2, 0) is 4.74 Å². The number of rotatable bonds is 1. The third-order valence-electron chi connectivity index (χ3n) is 2.12. The number of morpholine rings is 1. The number of ether oxygens (including phenoxy) is 1. The van der Waals surface area contributed by atoms with Crippen LogP contribution in [0.15, 0.2) is 23.0 Å². The Bertz CT molecular complexity index is 276. The van der Waals surface area contributed by atoms with Gasteiger partial charge in [0.2, 0.25) is 0 Å². The maximum Gasteiger partial charge on any atom is 0.131 e. The molecule has 1 saturated heterocycles. The first-order valence-electron chi connectivity index (χ1n) is 4.32. The number of nitrogens with one attached hydrogen (secondary N) is 1. The second-order valence-corrected chi connectivity index (χ2v) is 2.96. The smallest absolute Gasteiger partial charge is 0.131 e. The summed E-state index contributed by atoms with van der Waals surface area (Å²) < 4.78 is 10.1. The lowest BCUT2D eigenvalue weighted by Gasteiger charge is -2.28. The van der Waals surface area contributed by atoms with Gasteiger partial charge in [-0.15, -0.1) is 0 Å². The van der Waals surface area contributed by atoms with Crippen LogP contribution in [0.5, 0.6) is 0 Å². The summed E-state index contributed by atoms with van der Waals surface area (Å²) in [6.07, 6.45) is 3.18. The van der Waals surface area contributed by atoms with E-state index in [0.29, 0.717) is 19.0 Å².